The van der Waals surface area contributed by atoms with Crippen molar-refractivity contribution in [1.82, 2.24) is 69.8 Å². The Balaban J connectivity index is 0.000000196. The van der Waals surface area contributed by atoms with Crippen LogP contribution in [0.3, 0.4) is 0 Å². The fourth-order valence-electron chi connectivity index (χ4n) is 7.78. The summed E-state index contributed by atoms with van der Waals surface area (Å²) in [6, 6.07) is 18.2. The Morgan fingerprint density at radius 3 is 1.01 bits per heavy atom. The highest BCUT2D eigenvalue weighted by molar-refractivity contribution is 5.84. The van der Waals surface area contributed by atoms with E-state index in [1.54, 1.807) is 30.3 Å². The molecular weight excluding hydrogens is 1240 g/mol. The Hall–Kier alpha value is -18.0. The van der Waals surface area contributed by atoms with Gasteiger partial charge in [-0.2, -0.15) is 82.3 Å². The number of carbonyl (C=O) groups is 1. The van der Waals surface area contributed by atoms with Gasteiger partial charge in [-0.05, 0) is 12.1 Å². The van der Waals surface area contributed by atoms with E-state index in [0.717, 1.165) is 6.07 Å². The minimum atomic E-state index is -0.723. The van der Waals surface area contributed by atoms with Crippen molar-refractivity contribution >= 4 is 57.5 Å². The second-order valence-electron chi connectivity index (χ2n) is 17.2. The summed E-state index contributed by atoms with van der Waals surface area (Å²) in [5, 5.41) is 84.5. The Kier molecular flexibility index (Phi) is 16.5. The van der Waals surface area contributed by atoms with Crippen molar-refractivity contribution in [3.8, 4) is 54.6 Å². The van der Waals surface area contributed by atoms with Crippen LogP contribution in [-0.4, -0.2) is 75.8 Å². The van der Waals surface area contributed by atoms with Gasteiger partial charge in [-0.15, -0.1) is 19.9 Å². The number of amides is 2. The molecule has 96 heavy (non-hydrogen) atoms. The van der Waals surface area contributed by atoms with Crippen molar-refractivity contribution < 1.29 is 4.79 Å². The highest BCUT2D eigenvalue weighted by Crippen LogP contribution is 2.30. The molecule has 41 nitrogen and oxygen atoms in total. The Morgan fingerprint density at radius 2 is 0.688 bits per heavy atom. The molecule has 0 radical (unpaired) electrons. The summed E-state index contributed by atoms with van der Waals surface area (Å²) >= 11 is 0. The average Bonchev–Trinajstić information content (AvgIpc) is 1.35. The van der Waals surface area contributed by atoms with Gasteiger partial charge < -0.3 is 29.1 Å². The SMILES string of the molecule is N#Cc1nc2c(nc1C#N)=NC(=O)N=2.[C-]#[N+]/C(=C1/N=c2nc(C#N)c([N+]#[C-])nc2=N1)c1nc(C(C#N)=C2N=c3nc(C#N)c(C#N)nc3=N2)cc(C(C#N)=C2N=c3nc([N+]#[C-])c([N+]#[C-])nc3=N2)n1.[C-]#[N+]Cc1nc(CC#N)cc(C(C#N)=C2N=c3nc([N+]#[C-])c([N+]#[C-])nc3=N2)n1. The topological polar surface area (TPSA) is 566 Å². The maximum absolute atomic E-state index is 10.7. The molecule has 0 saturated carbocycles. The van der Waals surface area contributed by atoms with Crippen molar-refractivity contribution in [1.29, 1.82) is 47.4 Å². The molecule has 0 bridgehead atoms. The lowest BCUT2D eigenvalue weighted by Gasteiger charge is -2.08. The van der Waals surface area contributed by atoms with Crippen LogP contribution in [0.1, 0.15) is 62.9 Å². The lowest BCUT2D eigenvalue weighted by molar-refractivity contribution is 0.256. The Labute approximate surface area is 528 Å². The maximum atomic E-state index is 10.7. The van der Waals surface area contributed by atoms with Crippen LogP contribution in [0.4, 0.5) is 33.9 Å². The van der Waals surface area contributed by atoms with Crippen molar-refractivity contribution in [3.63, 3.8) is 0 Å². The molecule has 5 aliphatic heterocycles. The van der Waals surface area contributed by atoms with E-state index < -0.39 is 17.6 Å². The van der Waals surface area contributed by atoms with Crippen LogP contribution in [-0.2, 0) is 13.0 Å². The lowest BCUT2D eigenvalue weighted by Crippen LogP contribution is -2.31. The Bertz CT molecular complexity index is 5830. The van der Waals surface area contributed by atoms with Crippen molar-refractivity contribution in [3.05, 3.63) is 233 Å². The van der Waals surface area contributed by atoms with Gasteiger partial charge >= 0.3 is 33.8 Å². The molecule has 5 aliphatic rings. The molecule has 0 aromatic carbocycles. The number of hydrogen-bond acceptors (Lipinski definition) is 32. The standard InChI is InChI=1S/C31HN23.C17H5N11.C7N6O/c1-37-18(23-51-28-29(52-23)50-21(38-2)17(10-36)45-28)22-41-13(11(6-32)19-46-26-27(47-19)44-16(9-35)15(8-34)43-26)5-14(42-22)12(7-33)20-48-30-31(49-20)54-25(40-4)24(39-3)53-30;1-20-8-12-23-9(4-5-18)6-11(24-12)10(7-19)13-25-16-17(26-13)28-15(22-3)14(21-2)27-16;8-1-3-4(2-9)11-6-5(10-3)12-7(14)13-6/h5H;6H,4,8H2;/b23-18-;;. The van der Waals surface area contributed by atoms with Crippen LogP contribution in [0.15, 0.2) is 85.3 Å². The molecule has 0 aliphatic carbocycles. The molecule has 432 valence electrons. The molecule has 0 saturated heterocycles. The zero-order valence-electron chi connectivity index (χ0n) is 46.4. The summed E-state index contributed by atoms with van der Waals surface area (Å²) in [6.45, 7) is 50.8. The molecule has 0 N–H and O–H groups in total. The highest BCUT2D eigenvalue weighted by atomic mass is 16.2. The zero-order valence-corrected chi connectivity index (χ0v) is 46.4. The lowest BCUT2D eigenvalue weighted by atomic mass is 10.1. The molecule has 12 heterocycles. The normalized spacial score (nSPS) is 12.2. The second kappa shape index (κ2) is 25.9. The number of hydrogen-bond donors (Lipinski definition) is 0. The average molecular weight is 1240 g/mol. The summed E-state index contributed by atoms with van der Waals surface area (Å²) in [5.74, 6) is -2.73. The van der Waals surface area contributed by atoms with Gasteiger partial charge in [0.05, 0.1) is 41.8 Å². The van der Waals surface area contributed by atoms with Crippen molar-refractivity contribution in [2.75, 3.05) is 0 Å². The first-order valence-electron chi connectivity index (χ1n) is 24.9. The third-order valence-electron chi connectivity index (χ3n) is 11.7. The van der Waals surface area contributed by atoms with E-state index in [0.29, 0.717) is 5.69 Å². The zero-order chi connectivity index (χ0) is 68.3. The molecule has 0 unspecified atom stereocenters. The summed E-state index contributed by atoms with van der Waals surface area (Å²) < 4.78 is 0. The first-order chi connectivity index (χ1) is 46.7. The molecular formula is C55H6N40O. The van der Waals surface area contributed by atoms with Gasteiger partial charge in [-0.1, -0.05) is 37.8 Å². The number of fused-ring (bicyclic) bond motifs is 5. The van der Waals surface area contributed by atoms with E-state index in [1.807, 2.05) is 24.3 Å². The van der Waals surface area contributed by atoms with Gasteiger partial charge in [-0.3, -0.25) is 0 Å². The number of nitrogens with zero attached hydrogens (tertiary/aromatic N) is 40. The van der Waals surface area contributed by atoms with Gasteiger partial charge in [0, 0.05) is 0 Å². The third-order valence-corrected chi connectivity index (χ3v) is 11.7. The minimum Gasteiger partial charge on any atom is -0.370 e. The van der Waals surface area contributed by atoms with Gasteiger partial charge in [0.25, 0.3) is 41.0 Å². The second-order valence-corrected chi connectivity index (χ2v) is 17.2. The van der Waals surface area contributed by atoms with Crippen LogP contribution >= 0.6 is 0 Å². The number of urea groups is 1. The Morgan fingerprint density at radius 1 is 0.365 bits per heavy atom. The van der Waals surface area contributed by atoms with Crippen molar-refractivity contribution in [2.24, 2.45) is 49.9 Å². The largest absolute Gasteiger partial charge is 0.371 e. The smallest absolute Gasteiger partial charge is 0.370 e. The molecule has 0 spiro atoms. The first-order valence-corrected chi connectivity index (χ1v) is 24.9. The summed E-state index contributed by atoms with van der Waals surface area (Å²) in [6.07, 6.45) is -0.0189. The predicted molar refractivity (Wildman–Crippen MR) is 297 cm³/mol. The number of rotatable bonds is 6. The molecule has 0 atom stereocenters. The van der Waals surface area contributed by atoms with Crippen LogP contribution in [0.2, 0.25) is 0 Å². The fraction of sp³-hybridized carbons (Fsp3) is 0.0364. The van der Waals surface area contributed by atoms with Gasteiger partial charge in [0.2, 0.25) is 33.3 Å². The monoisotopic (exact) mass is 1240 g/mol. The van der Waals surface area contributed by atoms with Crippen LogP contribution < -0.4 is 54.9 Å². The summed E-state index contributed by atoms with van der Waals surface area (Å²) in [4.78, 5) is 130. The summed E-state index contributed by atoms with van der Waals surface area (Å²) in [7, 11) is 0. The predicted octanol–water partition coefficient (Wildman–Crippen LogP) is -1.51. The van der Waals surface area contributed by atoms with Gasteiger partial charge in [-0.25, -0.2) is 76.0 Å². The van der Waals surface area contributed by atoms with Gasteiger partial charge in [0.1, 0.15) is 65.3 Å². The molecule has 12 rings (SSSR count). The third kappa shape index (κ3) is 11.6. The fourth-order valence-corrected chi connectivity index (χ4v) is 7.78. The number of aromatic nitrogens is 14. The maximum Gasteiger partial charge on any atom is 0.371 e. The van der Waals surface area contributed by atoms with Crippen LogP contribution in [0, 0.1) is 148 Å². The van der Waals surface area contributed by atoms with E-state index in [-0.39, 0.29) is 188 Å². The van der Waals surface area contributed by atoms with Crippen LogP contribution in [0.5, 0.6) is 0 Å². The molecule has 2 amide bonds. The number of allylic oxidation sites excluding steroid dienone is 3. The van der Waals surface area contributed by atoms with Crippen molar-refractivity contribution in [2.45, 2.75) is 13.0 Å². The quantitative estimate of drug-likeness (QED) is 0.135. The number of nitriles is 9. The van der Waals surface area contributed by atoms with E-state index in [4.69, 9.17) is 61.8 Å². The highest BCUT2D eigenvalue weighted by Gasteiger charge is 2.28. The molecule has 7 aromatic rings. The molecule has 7 aromatic heterocycles. The van der Waals surface area contributed by atoms with Gasteiger partial charge in [0.15, 0.2) is 57.6 Å². The first kappa shape index (κ1) is 61.1. The molecule has 41 heteroatoms. The minimum absolute atomic E-state index is 0.00875. The van der Waals surface area contributed by atoms with Crippen LogP contribution in [0.25, 0.3) is 56.3 Å². The van der Waals surface area contributed by atoms with E-state index in [1.165, 1.54) is 6.07 Å². The van der Waals surface area contributed by atoms with E-state index in [9.17, 15) is 36.4 Å². The van der Waals surface area contributed by atoms with E-state index >= 15 is 0 Å². The summed E-state index contributed by atoms with van der Waals surface area (Å²) in [5.41, 5.74) is -3.54. The van der Waals surface area contributed by atoms with E-state index in [2.05, 4.69) is 154 Å². The number of carbonyl (C=O) groups excluding carboxylic acids is 1. The molecule has 0 fully saturated rings.